The van der Waals surface area contributed by atoms with Gasteiger partial charge in [-0.05, 0) is 5.53 Å². The smallest absolute Gasteiger partial charge is 0.135 e. The van der Waals surface area contributed by atoms with E-state index < -0.39 is 5.12 Å². The van der Waals surface area contributed by atoms with E-state index in [0.29, 0.717) is 11.3 Å². The number of hydrogen-bond acceptors (Lipinski definition) is 3. The summed E-state index contributed by atoms with van der Waals surface area (Å²) < 4.78 is 0. The SMILES string of the molecule is [N-]=[N+]=Nc1ccccc1C1(Cl)N=N1. The lowest BCUT2D eigenvalue weighted by atomic mass is 10.1. The molecule has 2 rings (SSSR count). The number of hydrogen-bond donors (Lipinski definition) is 0. The summed E-state index contributed by atoms with van der Waals surface area (Å²) in [6, 6.07) is 6.95. The van der Waals surface area contributed by atoms with E-state index in [1.54, 1.807) is 24.3 Å². The molecule has 64 valence electrons. The van der Waals surface area contributed by atoms with Crippen molar-refractivity contribution >= 4 is 17.3 Å². The van der Waals surface area contributed by atoms with Crippen LogP contribution in [-0.4, -0.2) is 0 Å². The molecule has 13 heavy (non-hydrogen) atoms. The second-order valence-electron chi connectivity index (χ2n) is 2.49. The van der Waals surface area contributed by atoms with Crippen LogP contribution < -0.4 is 0 Å². The van der Waals surface area contributed by atoms with Crippen molar-refractivity contribution < 1.29 is 0 Å². The molecule has 0 bridgehead atoms. The molecular formula is C7H4ClN5. The zero-order valence-corrected chi connectivity index (χ0v) is 7.18. The fourth-order valence-electron chi connectivity index (χ4n) is 1.03. The second-order valence-corrected chi connectivity index (χ2v) is 3.02. The van der Waals surface area contributed by atoms with E-state index in [4.69, 9.17) is 17.1 Å². The average Bonchev–Trinajstić information content (AvgIpc) is 2.86. The van der Waals surface area contributed by atoms with E-state index in [0.717, 1.165) is 0 Å². The summed E-state index contributed by atoms with van der Waals surface area (Å²) in [5, 5.41) is 9.79. The Morgan fingerprint density at radius 1 is 1.38 bits per heavy atom. The Hall–Kier alpha value is -1.58. The summed E-state index contributed by atoms with van der Waals surface area (Å²) >= 11 is 5.89. The number of benzene rings is 1. The van der Waals surface area contributed by atoms with Crippen LogP contribution in [-0.2, 0) is 5.12 Å². The zero-order chi connectivity index (χ0) is 9.31. The first-order valence-corrected chi connectivity index (χ1v) is 3.92. The third-order valence-corrected chi connectivity index (χ3v) is 2.03. The quantitative estimate of drug-likeness (QED) is 0.227. The number of nitrogens with zero attached hydrogens (tertiary/aromatic N) is 5. The van der Waals surface area contributed by atoms with Crippen molar-refractivity contribution in [3.05, 3.63) is 40.3 Å². The minimum absolute atomic E-state index is 0.463. The van der Waals surface area contributed by atoms with Gasteiger partial charge in [-0.3, -0.25) is 0 Å². The van der Waals surface area contributed by atoms with Crippen LogP contribution in [0.3, 0.4) is 0 Å². The second kappa shape index (κ2) is 2.73. The molecule has 0 saturated heterocycles. The summed E-state index contributed by atoms with van der Waals surface area (Å²) in [5.74, 6) is 0. The van der Waals surface area contributed by atoms with Crippen molar-refractivity contribution in [3.63, 3.8) is 0 Å². The summed E-state index contributed by atoms with van der Waals surface area (Å²) in [4.78, 5) is 2.69. The van der Waals surface area contributed by atoms with Crippen LogP contribution in [0.1, 0.15) is 5.56 Å². The normalized spacial score (nSPS) is 16.4. The van der Waals surface area contributed by atoms with Gasteiger partial charge in [-0.2, -0.15) is 0 Å². The number of azide groups is 1. The van der Waals surface area contributed by atoms with Crippen LogP contribution in [0.2, 0.25) is 0 Å². The van der Waals surface area contributed by atoms with Crippen LogP contribution >= 0.6 is 11.6 Å². The van der Waals surface area contributed by atoms with Gasteiger partial charge in [0.15, 0.2) is 0 Å². The predicted molar refractivity (Wildman–Crippen MR) is 47.6 cm³/mol. The highest BCUT2D eigenvalue weighted by Gasteiger charge is 2.41. The Labute approximate surface area is 78.7 Å². The highest BCUT2D eigenvalue weighted by atomic mass is 35.5. The van der Waals surface area contributed by atoms with E-state index >= 15 is 0 Å². The molecule has 5 nitrogen and oxygen atoms in total. The van der Waals surface area contributed by atoms with Gasteiger partial charge in [-0.25, -0.2) is 0 Å². The molecule has 1 heterocycles. The molecule has 0 atom stereocenters. The first-order valence-electron chi connectivity index (χ1n) is 3.54. The van der Waals surface area contributed by atoms with Crippen molar-refractivity contribution in [1.82, 2.24) is 0 Å². The highest BCUT2D eigenvalue weighted by Crippen LogP contribution is 2.47. The van der Waals surface area contributed by atoms with Crippen molar-refractivity contribution in [2.45, 2.75) is 5.12 Å². The molecule has 0 radical (unpaired) electrons. The monoisotopic (exact) mass is 193 g/mol. The molecule has 6 heteroatoms. The molecule has 1 aliphatic heterocycles. The first kappa shape index (κ1) is 8.04. The van der Waals surface area contributed by atoms with Crippen LogP contribution in [0.4, 0.5) is 5.69 Å². The number of halogens is 1. The van der Waals surface area contributed by atoms with Gasteiger partial charge in [-0.1, -0.05) is 41.0 Å². The van der Waals surface area contributed by atoms with E-state index in [2.05, 4.69) is 20.3 Å². The Morgan fingerprint density at radius 2 is 2.08 bits per heavy atom. The van der Waals surface area contributed by atoms with E-state index in [9.17, 15) is 0 Å². The highest BCUT2D eigenvalue weighted by molar-refractivity contribution is 6.25. The molecule has 0 saturated carbocycles. The Bertz CT molecular complexity index is 415. The average molecular weight is 194 g/mol. The van der Waals surface area contributed by atoms with Gasteiger partial charge in [-0.15, -0.1) is 10.2 Å². The van der Waals surface area contributed by atoms with Crippen molar-refractivity contribution in [2.24, 2.45) is 15.3 Å². The molecule has 0 fully saturated rings. The molecule has 0 N–H and O–H groups in total. The minimum atomic E-state index is -1.01. The summed E-state index contributed by atoms with van der Waals surface area (Å²) in [7, 11) is 0. The molecule has 1 aromatic carbocycles. The Balaban J connectivity index is 2.49. The minimum Gasteiger partial charge on any atom is -0.135 e. The Morgan fingerprint density at radius 3 is 2.69 bits per heavy atom. The van der Waals surface area contributed by atoms with E-state index in [1.165, 1.54) is 0 Å². The third kappa shape index (κ3) is 1.35. The van der Waals surface area contributed by atoms with Gasteiger partial charge in [0, 0.05) is 16.2 Å². The number of rotatable bonds is 2. The zero-order valence-electron chi connectivity index (χ0n) is 6.42. The molecule has 0 aromatic heterocycles. The largest absolute Gasteiger partial charge is 0.289 e. The molecular weight excluding hydrogens is 190 g/mol. The maximum absolute atomic E-state index is 8.28. The molecule has 0 spiro atoms. The topological polar surface area (TPSA) is 73.5 Å². The maximum atomic E-state index is 8.28. The van der Waals surface area contributed by atoms with Crippen LogP contribution in [0, 0.1) is 0 Å². The van der Waals surface area contributed by atoms with Gasteiger partial charge < -0.3 is 0 Å². The summed E-state index contributed by atoms with van der Waals surface area (Å²) in [5.41, 5.74) is 9.37. The first-order chi connectivity index (χ1) is 6.26. The van der Waals surface area contributed by atoms with Crippen molar-refractivity contribution in [3.8, 4) is 0 Å². The lowest BCUT2D eigenvalue weighted by molar-refractivity contribution is 0.939. The van der Waals surface area contributed by atoms with Crippen molar-refractivity contribution in [1.29, 1.82) is 0 Å². The lowest BCUT2D eigenvalue weighted by Crippen LogP contribution is -1.97. The summed E-state index contributed by atoms with van der Waals surface area (Å²) in [6.07, 6.45) is 0. The molecule has 0 aliphatic carbocycles. The van der Waals surface area contributed by atoms with Gasteiger partial charge in [0.2, 0.25) is 0 Å². The fourth-order valence-corrected chi connectivity index (χ4v) is 1.23. The molecule has 0 amide bonds. The molecule has 1 aromatic rings. The van der Waals surface area contributed by atoms with Gasteiger partial charge in [0.1, 0.15) is 0 Å². The summed E-state index contributed by atoms with van der Waals surface area (Å²) in [6.45, 7) is 0. The predicted octanol–water partition coefficient (Wildman–Crippen LogP) is 3.44. The Kier molecular flexibility index (Phi) is 1.69. The van der Waals surface area contributed by atoms with Crippen LogP contribution in [0.5, 0.6) is 0 Å². The van der Waals surface area contributed by atoms with Crippen molar-refractivity contribution in [2.75, 3.05) is 0 Å². The standard InChI is InChI=1S/C7H4ClN5/c8-7(11-12-7)5-3-1-2-4-6(5)10-13-9/h1-4H. The van der Waals surface area contributed by atoms with Gasteiger partial charge >= 0.3 is 0 Å². The fraction of sp³-hybridized carbons (Fsp3) is 0.143. The maximum Gasteiger partial charge on any atom is 0.289 e. The van der Waals surface area contributed by atoms with Crippen LogP contribution in [0.25, 0.3) is 10.4 Å². The van der Waals surface area contributed by atoms with Gasteiger partial charge in [0.25, 0.3) is 5.12 Å². The lowest BCUT2D eigenvalue weighted by Gasteiger charge is -2.04. The van der Waals surface area contributed by atoms with E-state index in [-0.39, 0.29) is 0 Å². The van der Waals surface area contributed by atoms with E-state index in [1.807, 2.05) is 0 Å². The van der Waals surface area contributed by atoms with Crippen LogP contribution in [0.15, 0.2) is 39.6 Å². The molecule has 0 unspecified atom stereocenters. The molecule has 1 aliphatic rings. The van der Waals surface area contributed by atoms with Gasteiger partial charge in [0.05, 0.1) is 0 Å². The number of alkyl halides is 1. The third-order valence-electron chi connectivity index (χ3n) is 1.67.